The average molecular weight is 268 g/mol. The summed E-state index contributed by atoms with van der Waals surface area (Å²) in [7, 11) is 0. The monoisotopic (exact) mass is 268 g/mol. The van der Waals surface area contributed by atoms with E-state index >= 15 is 0 Å². The summed E-state index contributed by atoms with van der Waals surface area (Å²) in [6.45, 7) is 6.72. The maximum absolute atomic E-state index is 12.0. The zero-order valence-electron chi connectivity index (χ0n) is 12.3. The van der Waals surface area contributed by atoms with Gasteiger partial charge < -0.3 is 15.3 Å². The average Bonchev–Trinajstić information content (AvgIpc) is 2.37. The minimum Gasteiger partial charge on any atom is -0.391 e. The van der Waals surface area contributed by atoms with E-state index in [0.717, 1.165) is 25.9 Å². The van der Waals surface area contributed by atoms with Gasteiger partial charge in [0.25, 0.3) is 0 Å². The fraction of sp³-hybridized carbons (Fsp3) is 0.933. The van der Waals surface area contributed by atoms with E-state index in [2.05, 4.69) is 19.2 Å². The first-order valence-electron chi connectivity index (χ1n) is 7.67. The number of hydrogen-bond acceptors (Lipinski definition) is 2. The third-order valence-corrected chi connectivity index (χ3v) is 4.68. The van der Waals surface area contributed by atoms with Crippen molar-refractivity contribution in [3.05, 3.63) is 0 Å². The minimum atomic E-state index is -0.338. The van der Waals surface area contributed by atoms with E-state index in [0.29, 0.717) is 17.9 Å². The molecule has 4 heteroatoms. The SMILES string of the molecule is CC1(C)CCC(CNC(=O)N2CCCC(O)C2)CC1. The molecule has 110 valence electrons. The van der Waals surface area contributed by atoms with Crippen molar-refractivity contribution < 1.29 is 9.90 Å². The number of urea groups is 1. The molecular weight excluding hydrogens is 240 g/mol. The summed E-state index contributed by atoms with van der Waals surface area (Å²) in [5, 5.41) is 12.6. The summed E-state index contributed by atoms with van der Waals surface area (Å²) in [5.41, 5.74) is 0.484. The summed E-state index contributed by atoms with van der Waals surface area (Å²) >= 11 is 0. The number of carbonyl (C=O) groups excluding carboxylic acids is 1. The van der Waals surface area contributed by atoms with Crippen LogP contribution in [-0.4, -0.2) is 41.8 Å². The van der Waals surface area contributed by atoms with Crippen LogP contribution in [0.5, 0.6) is 0 Å². The Morgan fingerprint density at radius 1 is 1.32 bits per heavy atom. The molecule has 1 heterocycles. The van der Waals surface area contributed by atoms with Crippen molar-refractivity contribution in [1.82, 2.24) is 10.2 Å². The summed E-state index contributed by atoms with van der Waals surface area (Å²) in [4.78, 5) is 13.8. The van der Waals surface area contributed by atoms with Crippen LogP contribution in [0.15, 0.2) is 0 Å². The Bertz CT molecular complexity index is 307. The Hall–Kier alpha value is -0.770. The lowest BCUT2D eigenvalue weighted by atomic mass is 9.73. The van der Waals surface area contributed by atoms with Gasteiger partial charge in [-0.15, -0.1) is 0 Å². The molecule has 1 aliphatic heterocycles. The second-order valence-electron chi connectivity index (χ2n) is 7.04. The second-order valence-corrected chi connectivity index (χ2v) is 7.04. The number of carbonyl (C=O) groups is 1. The highest BCUT2D eigenvalue weighted by Gasteiger charge is 2.28. The lowest BCUT2D eigenvalue weighted by Gasteiger charge is -2.35. The van der Waals surface area contributed by atoms with Gasteiger partial charge in [-0.1, -0.05) is 13.8 Å². The van der Waals surface area contributed by atoms with Gasteiger partial charge in [0.2, 0.25) is 0 Å². The molecule has 1 saturated heterocycles. The highest BCUT2D eigenvalue weighted by molar-refractivity contribution is 5.74. The van der Waals surface area contributed by atoms with Crippen molar-refractivity contribution in [3.63, 3.8) is 0 Å². The molecule has 2 amide bonds. The largest absolute Gasteiger partial charge is 0.391 e. The first kappa shape index (κ1) is 14.6. The Morgan fingerprint density at radius 3 is 2.63 bits per heavy atom. The van der Waals surface area contributed by atoms with Gasteiger partial charge in [0.15, 0.2) is 0 Å². The summed E-state index contributed by atoms with van der Waals surface area (Å²) in [6, 6.07) is 0.00332. The first-order valence-corrected chi connectivity index (χ1v) is 7.67. The fourth-order valence-electron chi connectivity index (χ4n) is 3.15. The predicted octanol–water partition coefficient (Wildman–Crippen LogP) is 2.37. The van der Waals surface area contributed by atoms with Crippen LogP contribution in [0.3, 0.4) is 0 Å². The molecule has 0 aromatic heterocycles. The number of aliphatic hydroxyl groups excluding tert-OH is 1. The van der Waals surface area contributed by atoms with Crippen LogP contribution >= 0.6 is 0 Å². The number of amides is 2. The number of nitrogens with one attached hydrogen (secondary N) is 1. The van der Waals surface area contributed by atoms with Crippen LogP contribution < -0.4 is 5.32 Å². The molecule has 2 N–H and O–H groups in total. The summed E-state index contributed by atoms with van der Waals surface area (Å²) in [6.07, 6.45) is 6.35. The van der Waals surface area contributed by atoms with Crippen molar-refractivity contribution in [2.75, 3.05) is 19.6 Å². The smallest absolute Gasteiger partial charge is 0.317 e. The molecule has 4 nitrogen and oxygen atoms in total. The van der Waals surface area contributed by atoms with E-state index in [1.165, 1.54) is 25.7 Å². The Kier molecular flexibility index (Phi) is 4.71. The first-order chi connectivity index (χ1) is 8.96. The van der Waals surface area contributed by atoms with E-state index in [1.807, 2.05) is 0 Å². The molecule has 0 aromatic rings. The normalized spacial score (nSPS) is 28.2. The van der Waals surface area contributed by atoms with E-state index in [9.17, 15) is 9.90 Å². The lowest BCUT2D eigenvalue weighted by Crippen LogP contribution is -2.48. The molecule has 2 rings (SSSR count). The predicted molar refractivity (Wildman–Crippen MR) is 76.0 cm³/mol. The maximum Gasteiger partial charge on any atom is 0.317 e. The number of piperidine rings is 1. The molecule has 2 fully saturated rings. The van der Waals surface area contributed by atoms with E-state index in [1.54, 1.807) is 4.90 Å². The summed E-state index contributed by atoms with van der Waals surface area (Å²) < 4.78 is 0. The second kappa shape index (κ2) is 6.12. The quantitative estimate of drug-likeness (QED) is 0.808. The number of aliphatic hydroxyl groups is 1. The zero-order chi connectivity index (χ0) is 13.9. The maximum atomic E-state index is 12.0. The highest BCUT2D eigenvalue weighted by atomic mass is 16.3. The molecule has 0 radical (unpaired) electrons. The number of likely N-dealkylation sites (tertiary alicyclic amines) is 1. The highest BCUT2D eigenvalue weighted by Crippen LogP contribution is 2.37. The number of rotatable bonds is 2. The molecule has 0 spiro atoms. The number of β-amino-alcohol motifs (C(OH)–C–C–N with tert-alkyl or cyclic N) is 1. The zero-order valence-corrected chi connectivity index (χ0v) is 12.3. The molecule has 19 heavy (non-hydrogen) atoms. The molecule has 0 aromatic carbocycles. The summed E-state index contributed by atoms with van der Waals surface area (Å²) in [5.74, 6) is 0.631. The van der Waals surface area contributed by atoms with E-state index in [-0.39, 0.29) is 12.1 Å². The van der Waals surface area contributed by atoms with Crippen LogP contribution in [0.25, 0.3) is 0 Å². The van der Waals surface area contributed by atoms with Crippen LogP contribution in [0, 0.1) is 11.3 Å². The van der Waals surface area contributed by atoms with Crippen molar-refractivity contribution in [2.45, 2.75) is 58.5 Å². The van der Waals surface area contributed by atoms with Gasteiger partial charge in [0, 0.05) is 19.6 Å². The molecule has 0 bridgehead atoms. The van der Waals surface area contributed by atoms with Gasteiger partial charge in [-0.2, -0.15) is 0 Å². The fourth-order valence-corrected chi connectivity index (χ4v) is 3.15. The van der Waals surface area contributed by atoms with Crippen LogP contribution in [0.2, 0.25) is 0 Å². The molecular formula is C15H28N2O2. The number of nitrogens with zero attached hydrogens (tertiary/aromatic N) is 1. The van der Waals surface area contributed by atoms with Gasteiger partial charge in [-0.05, 0) is 49.9 Å². The molecule has 1 saturated carbocycles. The lowest BCUT2D eigenvalue weighted by molar-refractivity contribution is 0.0833. The van der Waals surface area contributed by atoms with Crippen LogP contribution in [-0.2, 0) is 0 Å². The third kappa shape index (κ3) is 4.37. The van der Waals surface area contributed by atoms with Crippen molar-refractivity contribution in [3.8, 4) is 0 Å². The van der Waals surface area contributed by atoms with Gasteiger partial charge in [0.1, 0.15) is 0 Å². The molecule has 2 aliphatic rings. The molecule has 1 unspecified atom stereocenters. The Morgan fingerprint density at radius 2 is 2.00 bits per heavy atom. The third-order valence-electron chi connectivity index (χ3n) is 4.68. The number of hydrogen-bond donors (Lipinski definition) is 2. The Labute approximate surface area is 116 Å². The van der Waals surface area contributed by atoms with Gasteiger partial charge in [0.05, 0.1) is 6.10 Å². The van der Waals surface area contributed by atoms with Gasteiger partial charge >= 0.3 is 6.03 Å². The van der Waals surface area contributed by atoms with Crippen LogP contribution in [0.4, 0.5) is 4.79 Å². The van der Waals surface area contributed by atoms with E-state index < -0.39 is 0 Å². The molecule has 1 aliphatic carbocycles. The Balaban J connectivity index is 1.69. The van der Waals surface area contributed by atoms with E-state index in [4.69, 9.17) is 0 Å². The van der Waals surface area contributed by atoms with Crippen molar-refractivity contribution in [2.24, 2.45) is 11.3 Å². The van der Waals surface area contributed by atoms with Gasteiger partial charge in [-0.3, -0.25) is 0 Å². The van der Waals surface area contributed by atoms with Crippen molar-refractivity contribution in [1.29, 1.82) is 0 Å². The topological polar surface area (TPSA) is 52.6 Å². The van der Waals surface area contributed by atoms with Crippen molar-refractivity contribution >= 4 is 6.03 Å². The molecule has 1 atom stereocenters. The minimum absolute atomic E-state index is 0.00332. The van der Waals surface area contributed by atoms with Crippen LogP contribution in [0.1, 0.15) is 52.4 Å². The van der Waals surface area contributed by atoms with Gasteiger partial charge in [-0.25, -0.2) is 4.79 Å². The standard InChI is InChI=1S/C15H28N2O2/c1-15(2)7-5-12(6-8-15)10-16-14(19)17-9-3-4-13(18)11-17/h12-13,18H,3-11H2,1-2H3,(H,16,19).